The zero-order chi connectivity index (χ0) is 31.9. The van der Waals surface area contributed by atoms with E-state index in [9.17, 15) is 16.8 Å². The van der Waals surface area contributed by atoms with Gasteiger partial charge in [-0.2, -0.15) is 0 Å². The van der Waals surface area contributed by atoms with E-state index in [0.717, 1.165) is 32.1 Å². The Morgan fingerprint density at radius 3 is 1.37 bits per heavy atom. The van der Waals surface area contributed by atoms with Gasteiger partial charge in [0.15, 0.2) is 14.7 Å². The van der Waals surface area contributed by atoms with Crippen LogP contribution in [0.5, 0.6) is 0 Å². The van der Waals surface area contributed by atoms with E-state index in [-0.39, 0.29) is 19.6 Å². The van der Waals surface area contributed by atoms with E-state index in [1.165, 1.54) is 10.9 Å². The van der Waals surface area contributed by atoms with Crippen molar-refractivity contribution < 1.29 is 16.8 Å². The van der Waals surface area contributed by atoms with Crippen LogP contribution in [-0.2, 0) is 37.1 Å². The quantitative estimate of drug-likeness (QED) is 0.153. The fraction of sp³-hybridized carbons (Fsp3) is 0.0526. The van der Waals surface area contributed by atoms with Gasteiger partial charge in [-0.05, 0) is 97.9 Å². The molecule has 0 amide bonds. The smallest absolute Gasteiger partial charge is 0.206 e. The molecule has 0 N–H and O–H groups in total. The van der Waals surface area contributed by atoms with Gasteiger partial charge in [0.2, 0.25) is 19.7 Å². The molecule has 8 heteroatoms. The SMILES string of the molecule is CCn1c2ccccc2c2cc([S+](c3ccc(S(=O)(=O)c4ccccc4)cc3)c3ccc(S(=O)(=O)c4ccccc4)cc3)ccc21. The summed E-state index contributed by atoms with van der Waals surface area (Å²) in [4.78, 5) is 3.82. The highest BCUT2D eigenvalue weighted by Crippen LogP contribution is 2.37. The van der Waals surface area contributed by atoms with Crippen LogP contribution in [0.4, 0.5) is 0 Å². The van der Waals surface area contributed by atoms with Crippen LogP contribution in [0.1, 0.15) is 6.92 Å². The average Bonchev–Trinajstić information content (AvgIpc) is 3.42. The Bertz CT molecular complexity index is 2290. The number of aromatic nitrogens is 1. The standard InChI is InChI=1S/C38H30NO4S3/c1-2-39-37-16-10-9-15-35(37)36-27-30(21-26-38(36)39)44(28-17-22-33(23-18-28)45(40,41)31-11-5-3-6-12-31)29-19-24-34(25-20-29)46(42,43)32-13-7-4-8-14-32/h3-27H,2H2,1H3/q+1. The summed E-state index contributed by atoms with van der Waals surface area (Å²) in [7, 11) is -8.02. The van der Waals surface area contributed by atoms with E-state index < -0.39 is 30.6 Å². The molecule has 0 aliphatic carbocycles. The molecular weight excluding hydrogens is 631 g/mol. The van der Waals surface area contributed by atoms with Gasteiger partial charge in [-0.15, -0.1) is 0 Å². The second-order valence-corrected chi connectivity index (χ2v) is 16.7. The molecule has 0 spiro atoms. The van der Waals surface area contributed by atoms with E-state index in [2.05, 4.69) is 47.9 Å². The number of nitrogens with zero attached hydrogens (tertiary/aromatic N) is 1. The molecule has 7 aromatic rings. The maximum atomic E-state index is 13.3. The Kier molecular flexibility index (Phi) is 7.80. The van der Waals surface area contributed by atoms with Gasteiger partial charge in [0.05, 0.1) is 30.5 Å². The maximum absolute atomic E-state index is 13.3. The first-order valence-electron chi connectivity index (χ1n) is 14.8. The molecule has 0 aliphatic heterocycles. The molecule has 0 bridgehead atoms. The van der Waals surface area contributed by atoms with Gasteiger partial charge in [-0.3, -0.25) is 0 Å². The van der Waals surface area contributed by atoms with Gasteiger partial charge in [-0.25, -0.2) is 16.8 Å². The first-order chi connectivity index (χ1) is 22.3. The molecule has 0 fully saturated rings. The summed E-state index contributed by atoms with van der Waals surface area (Å²) < 4.78 is 55.7. The van der Waals surface area contributed by atoms with Gasteiger partial charge in [-0.1, -0.05) is 54.6 Å². The highest BCUT2D eigenvalue weighted by atomic mass is 32.2. The van der Waals surface area contributed by atoms with Crippen molar-refractivity contribution in [1.82, 2.24) is 4.57 Å². The Hall–Kier alpha value is -4.63. The van der Waals surface area contributed by atoms with Crippen LogP contribution in [0.15, 0.2) is 186 Å². The minimum Gasteiger partial charge on any atom is -0.341 e. The van der Waals surface area contributed by atoms with Crippen LogP contribution in [0.3, 0.4) is 0 Å². The monoisotopic (exact) mass is 660 g/mol. The van der Waals surface area contributed by atoms with Crippen molar-refractivity contribution in [2.24, 2.45) is 0 Å². The number of sulfone groups is 2. The van der Waals surface area contributed by atoms with Crippen LogP contribution in [0.2, 0.25) is 0 Å². The van der Waals surface area contributed by atoms with Crippen molar-refractivity contribution in [3.63, 3.8) is 0 Å². The average molecular weight is 661 g/mol. The number of benzene rings is 6. The first kappa shape index (κ1) is 30.0. The number of hydrogen-bond donors (Lipinski definition) is 0. The van der Waals surface area contributed by atoms with Crippen LogP contribution >= 0.6 is 0 Å². The molecule has 5 nitrogen and oxygen atoms in total. The number of hydrogen-bond acceptors (Lipinski definition) is 4. The molecule has 0 radical (unpaired) electrons. The Labute approximate surface area is 272 Å². The lowest BCUT2D eigenvalue weighted by Gasteiger charge is -2.11. The topological polar surface area (TPSA) is 73.2 Å². The van der Waals surface area contributed by atoms with Crippen molar-refractivity contribution in [3.8, 4) is 0 Å². The molecule has 0 saturated carbocycles. The first-order valence-corrected chi connectivity index (χ1v) is 19.0. The predicted octanol–water partition coefficient (Wildman–Crippen LogP) is 8.58. The second-order valence-electron chi connectivity index (χ2n) is 10.8. The molecular formula is C38H30NO4S3+. The summed E-state index contributed by atoms with van der Waals surface area (Å²) in [5.41, 5.74) is 2.31. The fourth-order valence-corrected chi connectivity index (χ4v) is 10.5. The maximum Gasteiger partial charge on any atom is 0.206 e. The minimum atomic E-state index is -3.68. The van der Waals surface area contributed by atoms with Crippen molar-refractivity contribution in [1.29, 1.82) is 0 Å². The highest BCUT2D eigenvalue weighted by Gasteiger charge is 2.31. The van der Waals surface area contributed by atoms with E-state index in [0.29, 0.717) is 0 Å². The molecule has 0 unspecified atom stereocenters. The van der Waals surface area contributed by atoms with Crippen molar-refractivity contribution in [2.45, 2.75) is 47.7 Å². The third-order valence-corrected chi connectivity index (χ3v) is 13.9. The summed E-state index contributed by atoms with van der Waals surface area (Å²) in [6.45, 7) is 2.98. The van der Waals surface area contributed by atoms with Crippen LogP contribution in [0.25, 0.3) is 21.8 Å². The molecule has 1 heterocycles. The van der Waals surface area contributed by atoms with Crippen LogP contribution < -0.4 is 0 Å². The molecule has 46 heavy (non-hydrogen) atoms. The highest BCUT2D eigenvalue weighted by molar-refractivity contribution is 7.97. The van der Waals surface area contributed by atoms with E-state index >= 15 is 0 Å². The normalized spacial score (nSPS) is 12.2. The third-order valence-electron chi connectivity index (χ3n) is 8.14. The van der Waals surface area contributed by atoms with E-state index in [1.54, 1.807) is 84.9 Å². The third kappa shape index (κ3) is 5.22. The zero-order valence-electron chi connectivity index (χ0n) is 24.9. The van der Waals surface area contributed by atoms with Gasteiger partial charge >= 0.3 is 0 Å². The Balaban J connectivity index is 1.36. The van der Waals surface area contributed by atoms with Crippen molar-refractivity contribution >= 4 is 52.4 Å². The molecule has 1 aromatic heterocycles. The van der Waals surface area contributed by atoms with Crippen LogP contribution in [-0.4, -0.2) is 21.4 Å². The molecule has 228 valence electrons. The fourth-order valence-electron chi connectivity index (χ4n) is 5.89. The summed E-state index contributed by atoms with van der Waals surface area (Å²) in [6, 6.07) is 45.8. The van der Waals surface area contributed by atoms with Gasteiger partial charge in [0, 0.05) is 34.4 Å². The summed E-state index contributed by atoms with van der Waals surface area (Å²) in [6.07, 6.45) is 0. The van der Waals surface area contributed by atoms with Crippen LogP contribution in [0, 0.1) is 0 Å². The minimum absolute atomic E-state index is 0.219. The largest absolute Gasteiger partial charge is 0.341 e. The lowest BCUT2D eigenvalue weighted by molar-refractivity contribution is 0.594. The number of para-hydroxylation sites is 1. The lowest BCUT2D eigenvalue weighted by Crippen LogP contribution is -2.08. The zero-order valence-corrected chi connectivity index (χ0v) is 27.4. The molecule has 0 atom stereocenters. The molecule has 0 saturated heterocycles. The van der Waals surface area contributed by atoms with Crippen molar-refractivity contribution in [2.75, 3.05) is 0 Å². The van der Waals surface area contributed by atoms with E-state index in [4.69, 9.17) is 0 Å². The molecule has 7 rings (SSSR count). The number of fused-ring (bicyclic) bond motifs is 3. The Morgan fingerprint density at radius 1 is 0.457 bits per heavy atom. The second kappa shape index (κ2) is 11.9. The summed E-state index contributed by atoms with van der Waals surface area (Å²) >= 11 is 0. The van der Waals surface area contributed by atoms with Gasteiger partial charge in [0.25, 0.3) is 0 Å². The number of aryl methyl sites for hydroxylation is 1. The summed E-state index contributed by atoms with van der Waals surface area (Å²) in [5.74, 6) is 0. The van der Waals surface area contributed by atoms with Crippen molar-refractivity contribution in [3.05, 3.63) is 152 Å². The number of rotatable bonds is 8. The predicted molar refractivity (Wildman–Crippen MR) is 184 cm³/mol. The van der Waals surface area contributed by atoms with Gasteiger partial charge in [0.1, 0.15) is 0 Å². The molecule has 6 aromatic carbocycles. The summed E-state index contributed by atoms with van der Waals surface area (Å²) in [5, 5.41) is 2.30. The lowest BCUT2D eigenvalue weighted by atomic mass is 10.1. The molecule has 0 aliphatic rings. The Morgan fingerprint density at radius 2 is 0.870 bits per heavy atom. The van der Waals surface area contributed by atoms with Gasteiger partial charge < -0.3 is 4.57 Å². The van der Waals surface area contributed by atoms with E-state index in [1.807, 2.05) is 30.3 Å².